The second kappa shape index (κ2) is 6.20. The van der Waals surface area contributed by atoms with Crippen molar-refractivity contribution in [3.05, 3.63) is 30.0 Å². The third-order valence-electron chi connectivity index (χ3n) is 3.13. The van der Waals surface area contributed by atoms with E-state index in [1.807, 2.05) is 0 Å². The van der Waals surface area contributed by atoms with E-state index in [9.17, 15) is 14.4 Å². The summed E-state index contributed by atoms with van der Waals surface area (Å²) in [5, 5.41) is 0.522. The Labute approximate surface area is 132 Å². The molecular formula is C14H21N2O4P. The predicted molar refractivity (Wildman–Crippen MR) is 82.7 cm³/mol. The first-order chi connectivity index (χ1) is 12.2. The van der Waals surface area contributed by atoms with Crippen molar-refractivity contribution in [2.24, 2.45) is 0 Å². The number of rotatable bonds is 6. The van der Waals surface area contributed by atoms with Crippen LogP contribution in [-0.4, -0.2) is 46.0 Å². The molecular weight excluding hydrogens is 291 g/mol. The Morgan fingerprint density at radius 3 is 2.90 bits per heavy atom. The van der Waals surface area contributed by atoms with Crippen molar-refractivity contribution < 1.29 is 27.3 Å². The summed E-state index contributed by atoms with van der Waals surface area (Å²) in [5.41, 5.74) is 1.20. The second-order valence-corrected chi connectivity index (χ2v) is 6.61. The van der Waals surface area contributed by atoms with Crippen LogP contribution < -0.4 is 4.74 Å². The minimum absolute atomic E-state index is 0.0848. The lowest BCUT2D eigenvalue weighted by Crippen LogP contribution is -2.15. The summed E-state index contributed by atoms with van der Waals surface area (Å²) < 4.78 is 61.3. The van der Waals surface area contributed by atoms with Crippen molar-refractivity contribution in [3.63, 3.8) is 0 Å². The molecule has 0 aliphatic heterocycles. The molecule has 3 N–H and O–H groups in total. The van der Waals surface area contributed by atoms with Crippen molar-refractivity contribution in [1.82, 2.24) is 9.88 Å². The van der Waals surface area contributed by atoms with Gasteiger partial charge in [-0.05, 0) is 45.0 Å². The molecule has 6 nitrogen and oxygen atoms in total. The number of aromatic amines is 1. The van der Waals surface area contributed by atoms with Gasteiger partial charge in [0.15, 0.2) is 5.85 Å². The van der Waals surface area contributed by atoms with Gasteiger partial charge in [-0.3, -0.25) is 4.57 Å². The molecule has 0 aliphatic rings. The van der Waals surface area contributed by atoms with Gasteiger partial charge in [-0.25, -0.2) is 0 Å². The molecule has 1 heterocycles. The van der Waals surface area contributed by atoms with Gasteiger partial charge in [0.2, 0.25) is 0 Å². The van der Waals surface area contributed by atoms with Crippen LogP contribution in [0.1, 0.15) is 20.7 Å². The summed E-state index contributed by atoms with van der Waals surface area (Å²) in [6.07, 6.45) is 1.68. The normalized spacial score (nSPS) is 19.2. The fourth-order valence-electron chi connectivity index (χ4n) is 2.00. The van der Waals surface area contributed by atoms with Gasteiger partial charge < -0.3 is 24.4 Å². The first kappa shape index (κ1) is 9.64. The van der Waals surface area contributed by atoms with Gasteiger partial charge in [-0.1, -0.05) is 6.07 Å². The van der Waals surface area contributed by atoms with E-state index in [0.29, 0.717) is 21.4 Å². The standard InChI is InChI=1S/C14H21N2O4P/c1-10(21(17,18)19)20-13-6-4-5-12-14(13)11(9-15-12)7-8-16(2)3/h4-6,9-10,15H,7-8H2,1-3H3,(H2,17,18,19)/i2D3,3D3. The summed E-state index contributed by atoms with van der Waals surface area (Å²) in [7, 11) is -4.46. The van der Waals surface area contributed by atoms with E-state index in [-0.39, 0.29) is 18.7 Å². The van der Waals surface area contributed by atoms with Gasteiger partial charge in [-0.2, -0.15) is 0 Å². The smallest absolute Gasteiger partial charge is 0.365 e. The highest BCUT2D eigenvalue weighted by atomic mass is 31.2. The highest BCUT2D eigenvalue weighted by Gasteiger charge is 2.26. The Balaban J connectivity index is 2.33. The number of likely N-dealkylation sites (N-methyl/N-ethyl adjacent to an activating group) is 1. The minimum atomic E-state index is -4.46. The maximum atomic E-state index is 11.4. The molecule has 116 valence electrons. The third-order valence-corrected chi connectivity index (χ3v) is 4.18. The minimum Gasteiger partial charge on any atom is -0.477 e. The molecule has 1 aromatic heterocycles. The molecule has 7 heteroatoms. The molecule has 0 fully saturated rings. The number of benzene rings is 1. The Bertz CT molecular complexity index is 830. The zero-order valence-corrected chi connectivity index (χ0v) is 12.3. The van der Waals surface area contributed by atoms with Gasteiger partial charge >= 0.3 is 7.60 Å². The van der Waals surface area contributed by atoms with Crippen molar-refractivity contribution in [3.8, 4) is 5.75 Å². The molecule has 0 spiro atoms. The Kier molecular flexibility index (Phi) is 2.84. The third kappa shape index (κ3) is 3.86. The summed E-state index contributed by atoms with van der Waals surface area (Å²) in [5.74, 6) is -1.15. The molecule has 0 radical (unpaired) electrons. The van der Waals surface area contributed by atoms with Crippen LogP contribution in [0, 0.1) is 0 Å². The van der Waals surface area contributed by atoms with E-state index in [1.165, 1.54) is 13.0 Å². The number of nitrogens with zero attached hydrogens (tertiary/aromatic N) is 1. The summed E-state index contributed by atoms with van der Waals surface area (Å²) >= 11 is 0. The molecule has 21 heavy (non-hydrogen) atoms. The molecule has 0 amide bonds. The molecule has 1 atom stereocenters. The van der Waals surface area contributed by atoms with Gasteiger partial charge in [0.25, 0.3) is 0 Å². The van der Waals surface area contributed by atoms with E-state index < -0.39 is 27.4 Å². The Hall–Kier alpha value is -1.33. The van der Waals surface area contributed by atoms with Crippen molar-refractivity contribution >= 4 is 18.5 Å². The highest BCUT2D eigenvalue weighted by molar-refractivity contribution is 7.52. The van der Waals surface area contributed by atoms with E-state index in [2.05, 4.69) is 4.98 Å². The van der Waals surface area contributed by atoms with Gasteiger partial charge in [0.1, 0.15) is 5.75 Å². The molecule has 0 saturated carbocycles. The first-order valence-corrected chi connectivity index (χ1v) is 7.98. The van der Waals surface area contributed by atoms with Gasteiger partial charge in [-0.15, -0.1) is 0 Å². The fourth-order valence-corrected chi connectivity index (χ4v) is 2.25. The number of H-pyrrole nitrogens is 1. The van der Waals surface area contributed by atoms with Crippen LogP contribution in [0.3, 0.4) is 0 Å². The van der Waals surface area contributed by atoms with Gasteiger partial charge in [0, 0.05) is 31.9 Å². The topological polar surface area (TPSA) is 85.8 Å². The summed E-state index contributed by atoms with van der Waals surface area (Å²) in [6, 6.07) is 4.90. The number of nitrogens with one attached hydrogen (secondary N) is 1. The average Bonchev–Trinajstić information content (AvgIpc) is 2.88. The molecule has 0 aliphatic carbocycles. The average molecular weight is 318 g/mol. The quantitative estimate of drug-likeness (QED) is 0.711. The molecule has 0 bridgehead atoms. The summed E-state index contributed by atoms with van der Waals surface area (Å²) in [4.78, 5) is 21.9. The molecule has 2 rings (SSSR count). The van der Waals surface area contributed by atoms with Crippen LogP contribution >= 0.6 is 7.60 Å². The lowest BCUT2D eigenvalue weighted by molar-refractivity contribution is 0.239. The molecule has 2 aromatic rings. The van der Waals surface area contributed by atoms with Crippen LogP contribution in [0.4, 0.5) is 0 Å². The van der Waals surface area contributed by atoms with Crippen molar-refractivity contribution in [2.45, 2.75) is 19.2 Å². The lowest BCUT2D eigenvalue weighted by atomic mass is 10.1. The maximum absolute atomic E-state index is 11.4. The number of aromatic nitrogens is 1. The fraction of sp³-hybridized carbons (Fsp3) is 0.429. The molecule has 1 aromatic carbocycles. The maximum Gasteiger partial charge on any atom is 0.365 e. The van der Waals surface area contributed by atoms with E-state index in [4.69, 9.17) is 13.0 Å². The largest absolute Gasteiger partial charge is 0.477 e. The van der Waals surface area contributed by atoms with Crippen LogP contribution in [0.15, 0.2) is 24.4 Å². The lowest BCUT2D eigenvalue weighted by Gasteiger charge is -2.17. The molecule has 0 saturated heterocycles. The number of hydrogen-bond donors (Lipinski definition) is 3. The van der Waals surface area contributed by atoms with Crippen molar-refractivity contribution in [2.75, 3.05) is 20.5 Å². The van der Waals surface area contributed by atoms with Crippen molar-refractivity contribution in [1.29, 1.82) is 0 Å². The van der Waals surface area contributed by atoms with Gasteiger partial charge in [0.05, 0.1) is 0 Å². The van der Waals surface area contributed by atoms with E-state index in [1.54, 1.807) is 18.3 Å². The van der Waals surface area contributed by atoms with Crippen LogP contribution in [-0.2, 0) is 11.0 Å². The number of fused-ring (bicyclic) bond motifs is 1. The highest BCUT2D eigenvalue weighted by Crippen LogP contribution is 2.43. The van der Waals surface area contributed by atoms with Crippen LogP contribution in [0.5, 0.6) is 5.75 Å². The summed E-state index contributed by atoms with van der Waals surface area (Å²) in [6.45, 7) is -4.59. The predicted octanol–water partition coefficient (Wildman–Crippen LogP) is 2.17. The molecule has 1 unspecified atom stereocenters. The van der Waals surface area contributed by atoms with Crippen LogP contribution in [0.25, 0.3) is 10.9 Å². The second-order valence-electron chi connectivity index (χ2n) is 4.70. The zero-order valence-electron chi connectivity index (χ0n) is 17.4. The number of hydrogen-bond acceptors (Lipinski definition) is 3. The number of ether oxygens (including phenoxy) is 1. The first-order valence-electron chi connectivity index (χ1n) is 9.30. The SMILES string of the molecule is [2H]C([2H])([2H])N(CCc1c[nH]c2cccc(OC(C)P(=O)(O)O)c12)C([2H])([2H])[2H]. The van der Waals surface area contributed by atoms with Crippen LogP contribution in [0.2, 0.25) is 0 Å². The Morgan fingerprint density at radius 2 is 2.24 bits per heavy atom. The van der Waals surface area contributed by atoms with E-state index >= 15 is 0 Å². The monoisotopic (exact) mass is 318 g/mol. The van der Waals surface area contributed by atoms with E-state index in [0.717, 1.165) is 0 Å². The zero-order chi connectivity index (χ0) is 20.6. The Morgan fingerprint density at radius 1 is 1.48 bits per heavy atom.